The summed E-state index contributed by atoms with van der Waals surface area (Å²) in [5.41, 5.74) is 3.10. The number of phenolic OH excluding ortho intramolecular Hbond substituents is 1. The molecular formula is C10H14O2. The van der Waals surface area contributed by atoms with E-state index in [-0.39, 0.29) is 0 Å². The fourth-order valence-corrected chi connectivity index (χ4v) is 1.21. The molecule has 2 heteroatoms. The van der Waals surface area contributed by atoms with Gasteiger partial charge in [-0.3, -0.25) is 0 Å². The number of phenols is 1. The first-order valence-corrected chi connectivity index (χ1v) is 3.91. The first-order valence-electron chi connectivity index (χ1n) is 3.91. The van der Waals surface area contributed by atoms with Crippen molar-refractivity contribution in [2.24, 2.45) is 0 Å². The van der Waals surface area contributed by atoms with Gasteiger partial charge in [-0.15, -0.1) is 0 Å². The van der Waals surface area contributed by atoms with Gasteiger partial charge in [0.25, 0.3) is 0 Å². The van der Waals surface area contributed by atoms with Crippen LogP contribution in [0.2, 0.25) is 0 Å². The maximum absolute atomic E-state index is 9.46. The standard InChI is InChI=1S/C10H14O2/c1-6-7(2)9(11)5-10(12-4)8(6)3/h5,11H,1-4H3. The Bertz CT molecular complexity index is 303. The largest absolute Gasteiger partial charge is 0.508 e. The van der Waals surface area contributed by atoms with Crippen LogP contribution in [0.3, 0.4) is 0 Å². The molecule has 66 valence electrons. The number of methoxy groups -OCH3 is 1. The number of aromatic hydroxyl groups is 1. The van der Waals surface area contributed by atoms with Crippen LogP contribution in [0.5, 0.6) is 11.5 Å². The summed E-state index contributed by atoms with van der Waals surface area (Å²) in [4.78, 5) is 0. The Morgan fingerprint density at radius 2 is 1.67 bits per heavy atom. The minimum absolute atomic E-state index is 0.301. The van der Waals surface area contributed by atoms with Crippen molar-refractivity contribution >= 4 is 0 Å². The summed E-state index contributed by atoms with van der Waals surface area (Å²) in [6, 6.07) is 1.65. The molecule has 0 spiro atoms. The van der Waals surface area contributed by atoms with E-state index in [9.17, 15) is 5.11 Å². The van der Waals surface area contributed by atoms with Gasteiger partial charge in [0.05, 0.1) is 7.11 Å². The van der Waals surface area contributed by atoms with Crippen LogP contribution in [0.15, 0.2) is 6.07 Å². The third kappa shape index (κ3) is 1.24. The van der Waals surface area contributed by atoms with Gasteiger partial charge < -0.3 is 9.84 Å². The SMILES string of the molecule is COc1cc(O)c(C)c(C)c1C. The van der Waals surface area contributed by atoms with Gasteiger partial charge in [0.2, 0.25) is 0 Å². The highest BCUT2D eigenvalue weighted by atomic mass is 16.5. The van der Waals surface area contributed by atoms with Crippen molar-refractivity contribution in [3.05, 3.63) is 22.8 Å². The van der Waals surface area contributed by atoms with Gasteiger partial charge in [-0.05, 0) is 37.5 Å². The average Bonchev–Trinajstić information content (AvgIpc) is 2.08. The highest BCUT2D eigenvalue weighted by Gasteiger charge is 2.07. The quantitative estimate of drug-likeness (QED) is 0.693. The molecule has 0 aliphatic heterocycles. The maximum atomic E-state index is 9.46. The van der Waals surface area contributed by atoms with Crippen molar-refractivity contribution in [3.8, 4) is 11.5 Å². The van der Waals surface area contributed by atoms with E-state index in [0.29, 0.717) is 5.75 Å². The van der Waals surface area contributed by atoms with Gasteiger partial charge in [-0.2, -0.15) is 0 Å². The molecule has 0 heterocycles. The molecule has 0 amide bonds. The fourth-order valence-electron chi connectivity index (χ4n) is 1.21. The van der Waals surface area contributed by atoms with E-state index < -0.39 is 0 Å². The van der Waals surface area contributed by atoms with Crippen molar-refractivity contribution in [1.82, 2.24) is 0 Å². The van der Waals surface area contributed by atoms with Crippen LogP contribution in [0.1, 0.15) is 16.7 Å². The summed E-state index contributed by atoms with van der Waals surface area (Å²) in [6.45, 7) is 5.87. The van der Waals surface area contributed by atoms with Gasteiger partial charge in [0, 0.05) is 6.07 Å². The Balaban J connectivity index is 3.39. The van der Waals surface area contributed by atoms with E-state index >= 15 is 0 Å². The molecule has 0 bridgehead atoms. The second kappa shape index (κ2) is 3.05. The molecule has 1 aromatic carbocycles. The molecule has 0 fully saturated rings. The summed E-state index contributed by atoms with van der Waals surface area (Å²) in [5, 5.41) is 9.46. The molecule has 0 unspecified atom stereocenters. The minimum Gasteiger partial charge on any atom is -0.508 e. The Morgan fingerprint density at radius 1 is 1.08 bits per heavy atom. The van der Waals surface area contributed by atoms with Gasteiger partial charge in [-0.25, -0.2) is 0 Å². The smallest absolute Gasteiger partial charge is 0.125 e. The number of hydrogen-bond acceptors (Lipinski definition) is 2. The van der Waals surface area contributed by atoms with E-state index in [1.165, 1.54) is 0 Å². The number of ether oxygens (including phenoxy) is 1. The summed E-state index contributed by atoms with van der Waals surface area (Å²) >= 11 is 0. The van der Waals surface area contributed by atoms with Crippen molar-refractivity contribution in [2.45, 2.75) is 20.8 Å². The Morgan fingerprint density at radius 3 is 2.17 bits per heavy atom. The molecule has 0 atom stereocenters. The van der Waals surface area contributed by atoms with E-state index in [1.54, 1.807) is 13.2 Å². The molecule has 0 saturated heterocycles. The van der Waals surface area contributed by atoms with Crippen LogP contribution in [0.4, 0.5) is 0 Å². The fraction of sp³-hybridized carbons (Fsp3) is 0.400. The average molecular weight is 166 g/mol. The van der Waals surface area contributed by atoms with E-state index in [0.717, 1.165) is 22.4 Å². The lowest BCUT2D eigenvalue weighted by atomic mass is 10.0. The van der Waals surface area contributed by atoms with Gasteiger partial charge >= 0.3 is 0 Å². The molecule has 0 aromatic heterocycles. The Hall–Kier alpha value is -1.18. The lowest BCUT2D eigenvalue weighted by Crippen LogP contribution is -1.92. The Kier molecular flexibility index (Phi) is 2.27. The van der Waals surface area contributed by atoms with E-state index in [4.69, 9.17) is 4.74 Å². The van der Waals surface area contributed by atoms with Crippen LogP contribution in [0, 0.1) is 20.8 Å². The highest BCUT2D eigenvalue weighted by molar-refractivity contribution is 5.50. The molecule has 2 nitrogen and oxygen atoms in total. The third-order valence-corrected chi connectivity index (χ3v) is 2.37. The summed E-state index contributed by atoms with van der Waals surface area (Å²) in [6.07, 6.45) is 0. The maximum Gasteiger partial charge on any atom is 0.125 e. The van der Waals surface area contributed by atoms with Crippen LogP contribution in [-0.4, -0.2) is 12.2 Å². The monoisotopic (exact) mass is 166 g/mol. The van der Waals surface area contributed by atoms with Crippen molar-refractivity contribution in [1.29, 1.82) is 0 Å². The zero-order valence-electron chi connectivity index (χ0n) is 7.93. The predicted octanol–water partition coefficient (Wildman–Crippen LogP) is 2.33. The second-order valence-electron chi connectivity index (χ2n) is 2.97. The predicted molar refractivity (Wildman–Crippen MR) is 48.9 cm³/mol. The van der Waals surface area contributed by atoms with Crippen molar-refractivity contribution < 1.29 is 9.84 Å². The molecular weight excluding hydrogens is 152 g/mol. The van der Waals surface area contributed by atoms with E-state index in [2.05, 4.69) is 0 Å². The van der Waals surface area contributed by atoms with Crippen molar-refractivity contribution in [3.63, 3.8) is 0 Å². The van der Waals surface area contributed by atoms with Crippen LogP contribution >= 0.6 is 0 Å². The van der Waals surface area contributed by atoms with Gasteiger partial charge in [-0.1, -0.05) is 0 Å². The molecule has 1 aromatic rings. The molecule has 0 saturated carbocycles. The zero-order valence-corrected chi connectivity index (χ0v) is 7.93. The normalized spacial score (nSPS) is 10.0. The Labute approximate surface area is 72.8 Å². The first-order chi connectivity index (χ1) is 5.57. The molecule has 0 aliphatic rings. The lowest BCUT2D eigenvalue weighted by Gasteiger charge is -2.11. The molecule has 12 heavy (non-hydrogen) atoms. The number of hydrogen-bond donors (Lipinski definition) is 1. The zero-order chi connectivity index (χ0) is 9.30. The first kappa shape index (κ1) is 8.91. The topological polar surface area (TPSA) is 29.5 Å². The number of rotatable bonds is 1. The third-order valence-electron chi connectivity index (χ3n) is 2.37. The van der Waals surface area contributed by atoms with E-state index in [1.807, 2.05) is 20.8 Å². The van der Waals surface area contributed by atoms with Crippen LogP contribution in [0.25, 0.3) is 0 Å². The lowest BCUT2D eigenvalue weighted by molar-refractivity contribution is 0.403. The van der Waals surface area contributed by atoms with Crippen molar-refractivity contribution in [2.75, 3.05) is 7.11 Å². The molecule has 0 radical (unpaired) electrons. The minimum atomic E-state index is 0.301. The summed E-state index contributed by atoms with van der Waals surface area (Å²) < 4.78 is 5.10. The van der Waals surface area contributed by atoms with Crippen LogP contribution in [-0.2, 0) is 0 Å². The summed E-state index contributed by atoms with van der Waals surface area (Å²) in [7, 11) is 1.61. The molecule has 1 N–H and O–H groups in total. The van der Waals surface area contributed by atoms with Gasteiger partial charge in [0.15, 0.2) is 0 Å². The second-order valence-corrected chi connectivity index (χ2v) is 2.97. The molecule has 0 aliphatic carbocycles. The molecule has 1 rings (SSSR count). The summed E-state index contributed by atoms with van der Waals surface area (Å²) in [5.74, 6) is 1.05. The van der Waals surface area contributed by atoms with Crippen LogP contribution < -0.4 is 4.74 Å². The highest BCUT2D eigenvalue weighted by Crippen LogP contribution is 2.30. The van der Waals surface area contributed by atoms with Gasteiger partial charge in [0.1, 0.15) is 11.5 Å². The number of benzene rings is 1.